The Morgan fingerprint density at radius 3 is 2.30 bits per heavy atom. The molecule has 2 aromatic carbocycles. The lowest BCUT2D eigenvalue weighted by Gasteiger charge is -2.30. The number of aryl methyl sites for hydroxylation is 3. The van der Waals surface area contributed by atoms with Gasteiger partial charge >= 0.3 is 0 Å². The van der Waals surface area contributed by atoms with Gasteiger partial charge in [0.25, 0.3) is 0 Å². The molecule has 7 nitrogen and oxygen atoms in total. The Bertz CT molecular complexity index is 1280. The van der Waals surface area contributed by atoms with E-state index in [4.69, 9.17) is 0 Å². The summed E-state index contributed by atoms with van der Waals surface area (Å²) in [6.07, 6.45) is 0.860. The van der Waals surface area contributed by atoms with Crippen molar-refractivity contribution in [3.63, 3.8) is 0 Å². The molecule has 3 aromatic rings. The Kier molecular flexibility index (Phi) is 6.36. The fourth-order valence-electron chi connectivity index (χ4n) is 3.98. The second-order valence-electron chi connectivity index (χ2n) is 8.47. The van der Waals surface area contributed by atoms with E-state index in [9.17, 15) is 17.6 Å². The second kappa shape index (κ2) is 9.07. The van der Waals surface area contributed by atoms with Crippen LogP contribution in [0.4, 0.5) is 10.2 Å². The number of hydrogen-bond donors (Lipinski definition) is 1. The smallest absolute Gasteiger partial charge is 0.243 e. The van der Waals surface area contributed by atoms with E-state index < -0.39 is 10.0 Å². The van der Waals surface area contributed by atoms with Crippen LogP contribution in [0.1, 0.15) is 29.7 Å². The molecule has 1 aromatic heterocycles. The minimum absolute atomic E-state index is 0.179. The van der Waals surface area contributed by atoms with Gasteiger partial charge in [-0.2, -0.15) is 9.40 Å². The molecule has 0 aliphatic carbocycles. The van der Waals surface area contributed by atoms with Gasteiger partial charge < -0.3 is 5.32 Å². The summed E-state index contributed by atoms with van der Waals surface area (Å²) in [6.45, 7) is 6.21. The number of amides is 1. The molecule has 1 aliphatic rings. The third-order valence-corrected chi connectivity index (χ3v) is 7.99. The van der Waals surface area contributed by atoms with E-state index in [2.05, 4.69) is 10.4 Å². The van der Waals surface area contributed by atoms with E-state index in [0.29, 0.717) is 30.0 Å². The predicted molar refractivity (Wildman–Crippen MR) is 124 cm³/mol. The lowest BCUT2D eigenvalue weighted by atomic mass is 9.97. The zero-order chi connectivity index (χ0) is 23.8. The number of carbonyl (C=O) groups excluding carboxylic acids is 1. The molecule has 1 fully saturated rings. The van der Waals surface area contributed by atoms with Gasteiger partial charge in [0.05, 0.1) is 16.3 Å². The number of anilines is 1. The van der Waals surface area contributed by atoms with Crippen molar-refractivity contribution in [2.45, 2.75) is 38.5 Å². The molecule has 1 saturated heterocycles. The molecular weight excluding hydrogens is 443 g/mol. The van der Waals surface area contributed by atoms with Crippen molar-refractivity contribution in [1.82, 2.24) is 14.1 Å². The maximum absolute atomic E-state index is 13.3. The van der Waals surface area contributed by atoms with Crippen molar-refractivity contribution in [2.75, 3.05) is 18.4 Å². The van der Waals surface area contributed by atoms with Crippen LogP contribution in [0, 0.1) is 32.5 Å². The Labute approximate surface area is 193 Å². The van der Waals surface area contributed by atoms with E-state index in [-0.39, 0.29) is 35.6 Å². The molecule has 9 heteroatoms. The predicted octanol–water partition coefficient (Wildman–Crippen LogP) is 3.98. The fraction of sp³-hybridized carbons (Fsp3) is 0.333. The molecule has 4 rings (SSSR count). The first-order valence-corrected chi connectivity index (χ1v) is 12.3. The monoisotopic (exact) mass is 470 g/mol. The van der Waals surface area contributed by atoms with Crippen molar-refractivity contribution in [3.8, 4) is 5.69 Å². The number of nitrogens with zero attached hydrogens (tertiary/aromatic N) is 3. The average molecular weight is 471 g/mol. The fourth-order valence-corrected chi connectivity index (χ4v) is 5.53. The topological polar surface area (TPSA) is 84.3 Å². The summed E-state index contributed by atoms with van der Waals surface area (Å²) in [7, 11) is -3.60. The second-order valence-corrected chi connectivity index (χ2v) is 10.4. The number of rotatable bonds is 5. The summed E-state index contributed by atoms with van der Waals surface area (Å²) in [6, 6.07) is 12.8. The first kappa shape index (κ1) is 23.1. The van der Waals surface area contributed by atoms with Crippen LogP contribution in [-0.2, 0) is 14.8 Å². The first-order chi connectivity index (χ1) is 15.6. The number of carbonyl (C=O) groups is 1. The first-order valence-electron chi connectivity index (χ1n) is 10.9. The molecule has 1 aliphatic heterocycles. The largest absolute Gasteiger partial charge is 0.310 e. The summed E-state index contributed by atoms with van der Waals surface area (Å²) < 4.78 is 42.4. The van der Waals surface area contributed by atoms with Gasteiger partial charge in [-0.1, -0.05) is 6.07 Å². The molecule has 1 N–H and O–H groups in total. The average Bonchev–Trinajstić information content (AvgIpc) is 3.16. The van der Waals surface area contributed by atoms with Gasteiger partial charge in [0.15, 0.2) is 0 Å². The van der Waals surface area contributed by atoms with E-state index in [1.165, 1.54) is 16.4 Å². The summed E-state index contributed by atoms with van der Waals surface area (Å²) >= 11 is 0. The number of hydrogen-bond acceptors (Lipinski definition) is 4. The molecule has 0 bridgehead atoms. The SMILES string of the molecule is Cc1cc(NC(=O)C2CCN(S(=O)(=O)c3ccc(C)c(C)c3)CC2)n(-c2ccc(F)cc2)n1. The molecule has 0 unspecified atom stereocenters. The van der Waals surface area contributed by atoms with Crippen LogP contribution < -0.4 is 5.32 Å². The van der Waals surface area contributed by atoms with Crippen molar-refractivity contribution in [1.29, 1.82) is 0 Å². The molecule has 0 saturated carbocycles. The van der Waals surface area contributed by atoms with Crippen molar-refractivity contribution >= 4 is 21.7 Å². The van der Waals surface area contributed by atoms with Crippen LogP contribution >= 0.6 is 0 Å². The Morgan fingerprint density at radius 1 is 1.00 bits per heavy atom. The normalized spacial score (nSPS) is 15.5. The highest BCUT2D eigenvalue weighted by Crippen LogP contribution is 2.26. The molecule has 0 atom stereocenters. The van der Waals surface area contributed by atoms with E-state index in [1.54, 1.807) is 35.0 Å². The van der Waals surface area contributed by atoms with Crippen LogP contribution in [0.5, 0.6) is 0 Å². The summed E-state index contributed by atoms with van der Waals surface area (Å²) in [4.78, 5) is 13.2. The van der Waals surface area contributed by atoms with Crippen LogP contribution in [0.2, 0.25) is 0 Å². The number of aromatic nitrogens is 2. The molecule has 0 radical (unpaired) electrons. The zero-order valence-electron chi connectivity index (χ0n) is 18.9. The lowest BCUT2D eigenvalue weighted by Crippen LogP contribution is -2.41. The van der Waals surface area contributed by atoms with Crippen LogP contribution in [-0.4, -0.2) is 41.5 Å². The number of halogens is 1. The van der Waals surface area contributed by atoms with E-state index in [0.717, 1.165) is 11.1 Å². The zero-order valence-corrected chi connectivity index (χ0v) is 19.7. The summed E-state index contributed by atoms with van der Waals surface area (Å²) in [5.41, 5.74) is 3.32. The molecule has 2 heterocycles. The minimum Gasteiger partial charge on any atom is -0.310 e. The highest BCUT2D eigenvalue weighted by Gasteiger charge is 2.32. The number of benzene rings is 2. The Morgan fingerprint density at radius 2 is 1.67 bits per heavy atom. The Balaban J connectivity index is 1.43. The van der Waals surface area contributed by atoms with E-state index >= 15 is 0 Å². The highest BCUT2D eigenvalue weighted by atomic mass is 32.2. The molecular formula is C24H27FN4O3S. The Hall–Kier alpha value is -3.04. The van der Waals surface area contributed by atoms with Crippen LogP contribution in [0.25, 0.3) is 5.69 Å². The standard InChI is InChI=1S/C24H27FN4O3S/c1-16-4-9-22(14-17(16)2)33(31,32)28-12-10-19(11-13-28)24(30)26-23-15-18(3)27-29(23)21-7-5-20(25)6-8-21/h4-9,14-15,19H,10-13H2,1-3H3,(H,26,30). The van der Waals surface area contributed by atoms with E-state index in [1.807, 2.05) is 26.8 Å². The quantitative estimate of drug-likeness (QED) is 0.611. The molecule has 0 spiro atoms. The van der Waals surface area contributed by atoms with Crippen molar-refractivity contribution < 1.29 is 17.6 Å². The summed E-state index contributed by atoms with van der Waals surface area (Å²) in [5.74, 6) is -0.348. The van der Waals surface area contributed by atoms with Crippen LogP contribution in [0.15, 0.2) is 53.4 Å². The molecule has 33 heavy (non-hydrogen) atoms. The van der Waals surface area contributed by atoms with Crippen molar-refractivity contribution in [3.05, 3.63) is 71.2 Å². The van der Waals surface area contributed by atoms with Gasteiger partial charge in [-0.15, -0.1) is 0 Å². The van der Waals surface area contributed by atoms with Gasteiger partial charge in [-0.05, 0) is 81.1 Å². The van der Waals surface area contributed by atoms with Gasteiger partial charge in [-0.25, -0.2) is 17.5 Å². The molecule has 174 valence electrons. The molecule has 1 amide bonds. The minimum atomic E-state index is -3.60. The maximum atomic E-state index is 13.3. The lowest BCUT2D eigenvalue weighted by molar-refractivity contribution is -0.120. The third kappa shape index (κ3) is 4.84. The van der Waals surface area contributed by atoms with Gasteiger partial charge in [-0.3, -0.25) is 4.79 Å². The van der Waals surface area contributed by atoms with Gasteiger partial charge in [0.2, 0.25) is 15.9 Å². The van der Waals surface area contributed by atoms with Gasteiger partial charge in [0.1, 0.15) is 11.6 Å². The maximum Gasteiger partial charge on any atom is 0.243 e. The number of piperidine rings is 1. The number of sulfonamides is 1. The van der Waals surface area contributed by atoms with Crippen molar-refractivity contribution in [2.24, 2.45) is 5.92 Å². The van der Waals surface area contributed by atoms with Gasteiger partial charge in [0, 0.05) is 25.1 Å². The summed E-state index contributed by atoms with van der Waals surface area (Å²) in [5, 5.41) is 7.30. The number of nitrogens with one attached hydrogen (secondary N) is 1. The third-order valence-electron chi connectivity index (χ3n) is 6.09. The highest BCUT2D eigenvalue weighted by molar-refractivity contribution is 7.89. The van der Waals surface area contributed by atoms with Crippen LogP contribution in [0.3, 0.4) is 0 Å².